The Hall–Kier alpha value is -3.07. The van der Waals surface area contributed by atoms with E-state index in [2.05, 4.69) is 42.6 Å². The first-order valence-electron chi connectivity index (χ1n) is 8.33. The third-order valence-electron chi connectivity index (χ3n) is 4.05. The van der Waals surface area contributed by atoms with E-state index in [4.69, 9.17) is 4.74 Å². The normalized spacial score (nSPS) is 10.9. The number of hydrogen-bond donors (Lipinski definition) is 1. The molecule has 3 aromatic rings. The number of benzene rings is 3. The van der Waals surface area contributed by atoms with E-state index in [9.17, 15) is 4.79 Å². The maximum atomic E-state index is 11.7. The Morgan fingerprint density at radius 1 is 1.00 bits per heavy atom. The zero-order chi connectivity index (χ0) is 17.5. The summed E-state index contributed by atoms with van der Waals surface area (Å²) in [5.41, 5.74) is 3.36. The summed E-state index contributed by atoms with van der Waals surface area (Å²) >= 11 is 0. The van der Waals surface area contributed by atoms with Crippen molar-refractivity contribution in [3.8, 4) is 0 Å². The molecule has 0 aromatic heterocycles. The van der Waals surface area contributed by atoms with Crippen molar-refractivity contribution in [2.75, 3.05) is 6.54 Å². The van der Waals surface area contributed by atoms with Crippen molar-refractivity contribution in [1.82, 2.24) is 5.32 Å². The van der Waals surface area contributed by atoms with Gasteiger partial charge in [0.1, 0.15) is 6.61 Å². The van der Waals surface area contributed by atoms with E-state index in [1.807, 2.05) is 48.5 Å². The maximum absolute atomic E-state index is 11.7. The molecule has 0 radical (unpaired) electrons. The topological polar surface area (TPSA) is 38.3 Å². The number of amides is 1. The fourth-order valence-corrected chi connectivity index (χ4v) is 2.72. The van der Waals surface area contributed by atoms with Crippen LogP contribution in [0.4, 0.5) is 4.79 Å². The molecule has 25 heavy (non-hydrogen) atoms. The molecule has 3 heteroatoms. The van der Waals surface area contributed by atoms with Gasteiger partial charge in [-0.25, -0.2) is 4.79 Å². The second-order valence-corrected chi connectivity index (χ2v) is 5.86. The van der Waals surface area contributed by atoms with Crippen LogP contribution in [-0.2, 0) is 11.3 Å². The van der Waals surface area contributed by atoms with Crippen LogP contribution in [0.5, 0.6) is 0 Å². The number of carbonyl (C=O) groups is 1. The number of alkyl carbamates (subject to hydrolysis) is 1. The molecule has 0 saturated carbocycles. The summed E-state index contributed by atoms with van der Waals surface area (Å²) in [6.07, 6.45) is 3.58. The van der Waals surface area contributed by atoms with Gasteiger partial charge in [0.05, 0.1) is 0 Å². The number of nitrogens with one attached hydrogen (secondary N) is 1. The zero-order valence-corrected chi connectivity index (χ0v) is 14.2. The highest BCUT2D eigenvalue weighted by Crippen LogP contribution is 2.23. The van der Waals surface area contributed by atoms with Gasteiger partial charge in [0.15, 0.2) is 0 Å². The lowest BCUT2D eigenvalue weighted by Crippen LogP contribution is -2.24. The molecule has 3 nitrogen and oxygen atoms in total. The molecule has 1 amide bonds. The fourth-order valence-electron chi connectivity index (χ4n) is 2.72. The smallest absolute Gasteiger partial charge is 0.407 e. The Balaban J connectivity index is 1.55. The maximum Gasteiger partial charge on any atom is 0.407 e. The lowest BCUT2D eigenvalue weighted by atomic mass is 9.99. The van der Waals surface area contributed by atoms with Crippen molar-refractivity contribution < 1.29 is 9.53 Å². The van der Waals surface area contributed by atoms with Crippen LogP contribution in [0.3, 0.4) is 0 Å². The largest absolute Gasteiger partial charge is 0.445 e. The Morgan fingerprint density at radius 3 is 2.60 bits per heavy atom. The quantitative estimate of drug-likeness (QED) is 0.707. The molecular weight excluding hydrogens is 310 g/mol. The van der Waals surface area contributed by atoms with E-state index >= 15 is 0 Å². The van der Waals surface area contributed by atoms with Crippen molar-refractivity contribution in [2.24, 2.45) is 0 Å². The number of carbonyl (C=O) groups excluding carboxylic acids is 1. The predicted octanol–water partition coefficient (Wildman–Crippen LogP) is 5.09. The summed E-state index contributed by atoms with van der Waals surface area (Å²) in [6, 6.07) is 22.2. The SMILES string of the molecule is Cc1ccc2ccccc2c1C=CCNC(=O)OCc1ccccc1. The van der Waals surface area contributed by atoms with Gasteiger partial charge in [-0.3, -0.25) is 0 Å². The molecule has 1 N–H and O–H groups in total. The first-order chi connectivity index (χ1) is 12.2. The third-order valence-corrected chi connectivity index (χ3v) is 4.05. The molecule has 0 bridgehead atoms. The van der Waals surface area contributed by atoms with Crippen molar-refractivity contribution in [3.05, 3.63) is 89.5 Å². The average Bonchev–Trinajstić information content (AvgIpc) is 2.65. The minimum Gasteiger partial charge on any atom is -0.445 e. The van der Waals surface area contributed by atoms with Crippen molar-refractivity contribution in [2.45, 2.75) is 13.5 Å². The first kappa shape index (κ1) is 16.8. The van der Waals surface area contributed by atoms with E-state index in [-0.39, 0.29) is 6.61 Å². The van der Waals surface area contributed by atoms with Gasteiger partial charge in [-0.2, -0.15) is 0 Å². The van der Waals surface area contributed by atoms with Crippen molar-refractivity contribution in [3.63, 3.8) is 0 Å². The number of ether oxygens (including phenoxy) is 1. The molecule has 0 spiro atoms. The summed E-state index contributed by atoms with van der Waals surface area (Å²) in [5.74, 6) is 0. The van der Waals surface area contributed by atoms with Crippen LogP contribution < -0.4 is 5.32 Å². The van der Waals surface area contributed by atoms with Gasteiger partial charge in [-0.1, -0.05) is 78.9 Å². The lowest BCUT2D eigenvalue weighted by Gasteiger charge is -2.07. The van der Waals surface area contributed by atoms with Gasteiger partial charge >= 0.3 is 6.09 Å². The van der Waals surface area contributed by atoms with Gasteiger partial charge < -0.3 is 10.1 Å². The summed E-state index contributed by atoms with van der Waals surface area (Å²) in [5, 5.41) is 5.17. The Bertz CT molecular complexity index is 885. The van der Waals surface area contributed by atoms with E-state index in [1.165, 1.54) is 21.9 Å². The highest BCUT2D eigenvalue weighted by Gasteiger charge is 2.02. The second kappa shape index (κ2) is 8.15. The highest BCUT2D eigenvalue weighted by molar-refractivity contribution is 5.91. The van der Waals surface area contributed by atoms with Gasteiger partial charge in [-0.05, 0) is 34.4 Å². The molecule has 0 heterocycles. The molecule has 0 aliphatic heterocycles. The van der Waals surface area contributed by atoms with Gasteiger partial charge in [0.25, 0.3) is 0 Å². The first-order valence-corrected chi connectivity index (χ1v) is 8.33. The van der Waals surface area contributed by atoms with Crippen LogP contribution in [0.15, 0.2) is 72.8 Å². The van der Waals surface area contributed by atoms with E-state index < -0.39 is 6.09 Å². The van der Waals surface area contributed by atoms with Crippen LogP contribution >= 0.6 is 0 Å². The molecule has 0 saturated heterocycles. The molecule has 3 aromatic carbocycles. The summed E-state index contributed by atoms with van der Waals surface area (Å²) in [6.45, 7) is 2.79. The standard InChI is InChI=1S/C22H21NO2/c1-17-13-14-19-10-5-6-11-21(19)20(17)12-7-15-23-22(24)25-16-18-8-3-2-4-9-18/h2-14H,15-16H2,1H3,(H,23,24). The molecule has 3 rings (SSSR count). The zero-order valence-electron chi connectivity index (χ0n) is 14.2. The van der Waals surface area contributed by atoms with Crippen LogP contribution in [0.25, 0.3) is 16.8 Å². The minimum atomic E-state index is -0.414. The number of rotatable bonds is 5. The fraction of sp³-hybridized carbons (Fsp3) is 0.136. The van der Waals surface area contributed by atoms with Crippen LogP contribution in [0.1, 0.15) is 16.7 Å². The molecule has 0 unspecified atom stereocenters. The van der Waals surface area contributed by atoms with Gasteiger partial charge in [0, 0.05) is 6.54 Å². The van der Waals surface area contributed by atoms with E-state index in [1.54, 1.807) is 0 Å². The van der Waals surface area contributed by atoms with Crippen molar-refractivity contribution >= 4 is 22.9 Å². The number of aryl methyl sites for hydroxylation is 1. The molecule has 0 atom stereocenters. The van der Waals surface area contributed by atoms with Crippen LogP contribution in [-0.4, -0.2) is 12.6 Å². The van der Waals surface area contributed by atoms with E-state index in [0.717, 1.165) is 5.56 Å². The summed E-state index contributed by atoms with van der Waals surface area (Å²) in [7, 11) is 0. The highest BCUT2D eigenvalue weighted by atomic mass is 16.5. The molecular formula is C22H21NO2. The van der Waals surface area contributed by atoms with Crippen LogP contribution in [0.2, 0.25) is 0 Å². The summed E-state index contributed by atoms with van der Waals surface area (Å²) in [4.78, 5) is 11.7. The van der Waals surface area contributed by atoms with Gasteiger partial charge in [0.2, 0.25) is 0 Å². The summed E-state index contributed by atoms with van der Waals surface area (Å²) < 4.78 is 5.19. The van der Waals surface area contributed by atoms with Crippen molar-refractivity contribution in [1.29, 1.82) is 0 Å². The Morgan fingerprint density at radius 2 is 1.76 bits per heavy atom. The Labute approximate surface area is 147 Å². The monoisotopic (exact) mass is 331 g/mol. The average molecular weight is 331 g/mol. The predicted molar refractivity (Wildman–Crippen MR) is 102 cm³/mol. The molecule has 0 aliphatic carbocycles. The number of fused-ring (bicyclic) bond motifs is 1. The van der Waals surface area contributed by atoms with E-state index in [0.29, 0.717) is 6.54 Å². The molecule has 126 valence electrons. The Kier molecular flexibility index (Phi) is 5.47. The number of hydrogen-bond acceptors (Lipinski definition) is 2. The van der Waals surface area contributed by atoms with Gasteiger partial charge in [-0.15, -0.1) is 0 Å². The van der Waals surface area contributed by atoms with Crippen LogP contribution in [0, 0.1) is 6.92 Å². The molecule has 0 aliphatic rings. The lowest BCUT2D eigenvalue weighted by molar-refractivity contribution is 0.141. The minimum absolute atomic E-state index is 0.277. The second-order valence-electron chi connectivity index (χ2n) is 5.86. The molecule has 0 fully saturated rings. The third kappa shape index (κ3) is 4.48.